The van der Waals surface area contributed by atoms with E-state index in [1.54, 1.807) is 32.3 Å². The number of anilines is 1. The zero-order chi connectivity index (χ0) is 15.2. The molecule has 1 aliphatic heterocycles. The number of carbonyl (C=O) groups is 2. The van der Waals surface area contributed by atoms with Gasteiger partial charge in [-0.05, 0) is 50.0 Å². The lowest BCUT2D eigenvalue weighted by molar-refractivity contribution is -0.116. The van der Waals surface area contributed by atoms with Gasteiger partial charge in [-0.15, -0.1) is 12.4 Å². The fourth-order valence-corrected chi connectivity index (χ4v) is 2.51. The summed E-state index contributed by atoms with van der Waals surface area (Å²) in [4.78, 5) is 25.4. The van der Waals surface area contributed by atoms with E-state index in [0.717, 1.165) is 25.9 Å². The summed E-state index contributed by atoms with van der Waals surface area (Å²) in [6, 6.07) is 7.06. The number of amides is 2. The number of carbonyl (C=O) groups excluding carboxylic acids is 2. The summed E-state index contributed by atoms with van der Waals surface area (Å²) in [6.45, 7) is 2.07. The Morgan fingerprint density at radius 3 is 2.77 bits per heavy atom. The standard InChI is InChI=1S/C16H23N3O2.ClH/c1-19(2)16(21)13-4-3-5-14(10-13)18-15(20)7-6-12-8-9-17-11-12;/h3-5,10,12,17H,6-9,11H2,1-2H3,(H,18,20);1H. The number of hydrogen-bond acceptors (Lipinski definition) is 3. The molecule has 0 bridgehead atoms. The maximum atomic E-state index is 12.0. The van der Waals surface area contributed by atoms with Gasteiger partial charge >= 0.3 is 0 Å². The highest BCUT2D eigenvalue weighted by Gasteiger charge is 2.16. The van der Waals surface area contributed by atoms with E-state index in [-0.39, 0.29) is 24.2 Å². The quantitative estimate of drug-likeness (QED) is 0.872. The van der Waals surface area contributed by atoms with Crippen LogP contribution in [0.15, 0.2) is 24.3 Å². The molecule has 2 N–H and O–H groups in total. The van der Waals surface area contributed by atoms with Gasteiger partial charge in [-0.25, -0.2) is 0 Å². The highest BCUT2D eigenvalue weighted by atomic mass is 35.5. The Balaban J connectivity index is 0.00000242. The van der Waals surface area contributed by atoms with Gasteiger partial charge in [0.25, 0.3) is 5.91 Å². The molecule has 5 nitrogen and oxygen atoms in total. The predicted molar refractivity (Wildman–Crippen MR) is 90.5 cm³/mol. The highest BCUT2D eigenvalue weighted by Crippen LogP contribution is 2.16. The number of halogens is 1. The largest absolute Gasteiger partial charge is 0.345 e. The predicted octanol–water partition coefficient (Wildman–Crippen LogP) is 2.14. The maximum Gasteiger partial charge on any atom is 0.253 e. The van der Waals surface area contributed by atoms with Crippen LogP contribution in [0.1, 0.15) is 29.6 Å². The Morgan fingerprint density at radius 2 is 2.14 bits per heavy atom. The summed E-state index contributed by atoms with van der Waals surface area (Å²) >= 11 is 0. The van der Waals surface area contributed by atoms with Crippen LogP contribution < -0.4 is 10.6 Å². The molecular weight excluding hydrogens is 302 g/mol. The molecule has 1 atom stereocenters. The monoisotopic (exact) mass is 325 g/mol. The van der Waals surface area contributed by atoms with Crippen LogP contribution in [0.5, 0.6) is 0 Å². The minimum Gasteiger partial charge on any atom is -0.345 e. The first-order valence-electron chi connectivity index (χ1n) is 7.38. The van der Waals surface area contributed by atoms with E-state index < -0.39 is 0 Å². The summed E-state index contributed by atoms with van der Waals surface area (Å²) in [5, 5.41) is 6.17. The third-order valence-corrected chi connectivity index (χ3v) is 3.74. The van der Waals surface area contributed by atoms with E-state index in [9.17, 15) is 9.59 Å². The number of benzene rings is 1. The Labute approximate surface area is 137 Å². The number of rotatable bonds is 5. The lowest BCUT2D eigenvalue weighted by atomic mass is 10.0. The molecule has 0 spiro atoms. The molecule has 2 rings (SSSR count). The lowest BCUT2D eigenvalue weighted by Crippen LogP contribution is -2.22. The van der Waals surface area contributed by atoms with Crippen LogP contribution >= 0.6 is 12.4 Å². The average Bonchev–Trinajstić information content (AvgIpc) is 2.98. The molecule has 0 aliphatic carbocycles. The molecule has 122 valence electrons. The van der Waals surface area contributed by atoms with E-state index in [2.05, 4.69) is 10.6 Å². The van der Waals surface area contributed by atoms with Gasteiger partial charge < -0.3 is 15.5 Å². The van der Waals surface area contributed by atoms with Crippen molar-refractivity contribution in [1.29, 1.82) is 0 Å². The third-order valence-electron chi connectivity index (χ3n) is 3.74. The Morgan fingerprint density at radius 1 is 1.36 bits per heavy atom. The van der Waals surface area contributed by atoms with Crippen LogP contribution in [0.25, 0.3) is 0 Å². The van der Waals surface area contributed by atoms with Crippen molar-refractivity contribution < 1.29 is 9.59 Å². The first-order chi connectivity index (χ1) is 10.1. The number of hydrogen-bond donors (Lipinski definition) is 2. The molecule has 6 heteroatoms. The van der Waals surface area contributed by atoms with Crippen LogP contribution in [0, 0.1) is 5.92 Å². The molecule has 0 aromatic heterocycles. The average molecular weight is 326 g/mol. The number of nitrogens with zero attached hydrogens (tertiary/aromatic N) is 1. The van der Waals surface area contributed by atoms with Gasteiger partial charge in [-0.1, -0.05) is 6.07 Å². The van der Waals surface area contributed by atoms with Crippen LogP contribution in [0.2, 0.25) is 0 Å². The van der Waals surface area contributed by atoms with Crippen LogP contribution in [0.3, 0.4) is 0 Å². The van der Waals surface area contributed by atoms with E-state index in [0.29, 0.717) is 23.6 Å². The molecule has 2 amide bonds. The Hall–Kier alpha value is -1.59. The molecule has 1 unspecified atom stereocenters. The number of nitrogens with one attached hydrogen (secondary N) is 2. The van der Waals surface area contributed by atoms with Gasteiger partial charge in [0.2, 0.25) is 5.91 Å². The zero-order valence-electron chi connectivity index (χ0n) is 13.1. The van der Waals surface area contributed by atoms with Crippen LogP contribution in [0.4, 0.5) is 5.69 Å². The molecule has 0 radical (unpaired) electrons. The SMILES string of the molecule is CN(C)C(=O)c1cccc(NC(=O)CCC2CCNC2)c1.Cl. The van der Waals surface area contributed by atoms with Crippen LogP contribution in [-0.4, -0.2) is 43.9 Å². The van der Waals surface area contributed by atoms with Crippen molar-refractivity contribution >= 4 is 29.9 Å². The van der Waals surface area contributed by atoms with Gasteiger partial charge in [-0.2, -0.15) is 0 Å². The lowest BCUT2D eigenvalue weighted by Gasteiger charge is -2.12. The molecule has 1 aromatic carbocycles. The molecule has 1 fully saturated rings. The molecule has 1 aliphatic rings. The van der Waals surface area contributed by atoms with Gasteiger partial charge in [0.1, 0.15) is 0 Å². The first kappa shape index (κ1) is 18.5. The summed E-state index contributed by atoms with van der Waals surface area (Å²) in [6.07, 6.45) is 2.59. The molecular formula is C16H24ClN3O2. The fourth-order valence-electron chi connectivity index (χ4n) is 2.51. The molecule has 1 heterocycles. The third kappa shape index (κ3) is 5.31. The normalized spacial score (nSPS) is 16.7. The van der Waals surface area contributed by atoms with Crippen molar-refractivity contribution in [3.63, 3.8) is 0 Å². The first-order valence-corrected chi connectivity index (χ1v) is 7.38. The topological polar surface area (TPSA) is 61.4 Å². The van der Waals surface area contributed by atoms with Crippen LogP contribution in [-0.2, 0) is 4.79 Å². The second-order valence-corrected chi connectivity index (χ2v) is 5.73. The smallest absolute Gasteiger partial charge is 0.253 e. The van der Waals surface area contributed by atoms with E-state index >= 15 is 0 Å². The second kappa shape index (κ2) is 8.76. The minimum atomic E-state index is -0.0665. The summed E-state index contributed by atoms with van der Waals surface area (Å²) in [5.41, 5.74) is 1.26. The fraction of sp³-hybridized carbons (Fsp3) is 0.500. The zero-order valence-corrected chi connectivity index (χ0v) is 13.9. The van der Waals surface area contributed by atoms with Gasteiger partial charge in [0, 0.05) is 31.8 Å². The highest BCUT2D eigenvalue weighted by molar-refractivity contribution is 5.96. The van der Waals surface area contributed by atoms with Crippen molar-refractivity contribution in [3.05, 3.63) is 29.8 Å². The molecule has 22 heavy (non-hydrogen) atoms. The van der Waals surface area contributed by atoms with Crippen molar-refractivity contribution in [2.75, 3.05) is 32.5 Å². The van der Waals surface area contributed by atoms with Crippen molar-refractivity contribution in [3.8, 4) is 0 Å². The van der Waals surface area contributed by atoms with Gasteiger partial charge in [0.15, 0.2) is 0 Å². The van der Waals surface area contributed by atoms with Gasteiger partial charge in [0.05, 0.1) is 0 Å². The Bertz CT molecular complexity index is 514. The van der Waals surface area contributed by atoms with E-state index in [1.165, 1.54) is 4.90 Å². The van der Waals surface area contributed by atoms with E-state index in [1.807, 2.05) is 6.07 Å². The van der Waals surface area contributed by atoms with Crippen molar-refractivity contribution in [2.45, 2.75) is 19.3 Å². The van der Waals surface area contributed by atoms with E-state index in [4.69, 9.17) is 0 Å². The Kier molecular flexibility index (Phi) is 7.35. The second-order valence-electron chi connectivity index (χ2n) is 5.73. The summed E-state index contributed by atoms with van der Waals surface area (Å²) in [5.74, 6) is 0.553. The molecule has 1 aromatic rings. The van der Waals surface area contributed by atoms with Crippen molar-refractivity contribution in [1.82, 2.24) is 10.2 Å². The van der Waals surface area contributed by atoms with Crippen molar-refractivity contribution in [2.24, 2.45) is 5.92 Å². The maximum absolute atomic E-state index is 12.0. The molecule has 0 saturated carbocycles. The molecule has 1 saturated heterocycles. The minimum absolute atomic E-state index is 0. The summed E-state index contributed by atoms with van der Waals surface area (Å²) < 4.78 is 0. The summed E-state index contributed by atoms with van der Waals surface area (Å²) in [7, 11) is 3.42. The van der Waals surface area contributed by atoms with Gasteiger partial charge in [-0.3, -0.25) is 9.59 Å².